The number of carbonyl (C=O) groups excluding carboxylic acids is 1. The summed E-state index contributed by atoms with van der Waals surface area (Å²) in [5.74, 6) is -0.405. The Kier molecular flexibility index (Phi) is 3.27. The molecule has 2 heterocycles. The van der Waals surface area contributed by atoms with Gasteiger partial charge in [-0.15, -0.1) is 11.8 Å². The number of carboxylic acids is 1. The van der Waals surface area contributed by atoms with E-state index in [-0.39, 0.29) is 5.91 Å². The van der Waals surface area contributed by atoms with Crippen LogP contribution in [0.2, 0.25) is 0 Å². The first-order valence-electron chi connectivity index (χ1n) is 5.84. The molecular weight excluding hydrogens is 298 g/mol. The van der Waals surface area contributed by atoms with E-state index in [0.29, 0.717) is 22.3 Å². The Hall–Kier alpha value is -1.80. The molecule has 8 heteroatoms. The lowest BCUT2D eigenvalue weighted by Gasteiger charge is -2.20. The van der Waals surface area contributed by atoms with Crippen molar-refractivity contribution in [3.8, 4) is 0 Å². The van der Waals surface area contributed by atoms with Crippen LogP contribution in [0.4, 0.5) is 5.13 Å². The first kappa shape index (κ1) is 13.2. The van der Waals surface area contributed by atoms with Crippen LogP contribution in [0, 0.1) is 0 Å². The van der Waals surface area contributed by atoms with Crippen molar-refractivity contribution >= 4 is 50.3 Å². The lowest BCUT2D eigenvalue weighted by atomic mass is 10.1. The highest BCUT2D eigenvalue weighted by Gasteiger charge is 2.35. The molecule has 1 amide bonds. The molecule has 104 valence electrons. The molecule has 0 spiro atoms. The lowest BCUT2D eigenvalue weighted by Crippen LogP contribution is -2.41. The molecule has 3 N–H and O–H groups in total. The van der Waals surface area contributed by atoms with Gasteiger partial charge >= 0.3 is 5.97 Å². The van der Waals surface area contributed by atoms with Gasteiger partial charge in [0.05, 0.1) is 16.1 Å². The van der Waals surface area contributed by atoms with Crippen LogP contribution >= 0.6 is 23.1 Å². The van der Waals surface area contributed by atoms with Crippen LogP contribution in [-0.4, -0.2) is 44.5 Å². The van der Waals surface area contributed by atoms with Crippen molar-refractivity contribution in [1.82, 2.24) is 9.88 Å². The molecule has 1 unspecified atom stereocenters. The molecule has 1 aromatic carbocycles. The number of nitrogens with zero attached hydrogens (tertiary/aromatic N) is 2. The fourth-order valence-corrected chi connectivity index (χ4v) is 4.01. The Balaban J connectivity index is 1.93. The third kappa shape index (κ3) is 2.20. The molecule has 2 aromatic rings. The van der Waals surface area contributed by atoms with Crippen molar-refractivity contribution in [3.63, 3.8) is 0 Å². The molecule has 1 fully saturated rings. The van der Waals surface area contributed by atoms with Gasteiger partial charge in [0.2, 0.25) is 0 Å². The Bertz CT molecular complexity index is 700. The summed E-state index contributed by atoms with van der Waals surface area (Å²) in [5, 5.41) is 9.57. The predicted octanol–water partition coefficient (Wildman–Crippen LogP) is 1.48. The predicted molar refractivity (Wildman–Crippen MR) is 79.0 cm³/mol. The van der Waals surface area contributed by atoms with Gasteiger partial charge in [0.1, 0.15) is 6.04 Å². The highest BCUT2D eigenvalue weighted by atomic mass is 32.2. The van der Waals surface area contributed by atoms with Crippen molar-refractivity contribution in [2.24, 2.45) is 0 Å². The SMILES string of the molecule is Nc1nc2ccc(C(=O)N3CSCC3C(=O)O)cc2s1. The van der Waals surface area contributed by atoms with Gasteiger partial charge in [-0.25, -0.2) is 9.78 Å². The summed E-state index contributed by atoms with van der Waals surface area (Å²) in [4.78, 5) is 29.1. The van der Waals surface area contributed by atoms with E-state index in [1.54, 1.807) is 18.2 Å². The number of aliphatic carboxylic acids is 1. The maximum absolute atomic E-state index is 12.4. The lowest BCUT2D eigenvalue weighted by molar-refractivity contribution is -0.140. The van der Waals surface area contributed by atoms with Gasteiger partial charge < -0.3 is 15.7 Å². The van der Waals surface area contributed by atoms with Gasteiger partial charge in [0.25, 0.3) is 5.91 Å². The molecule has 0 radical (unpaired) electrons. The zero-order valence-electron chi connectivity index (χ0n) is 10.3. The molecule has 1 atom stereocenters. The van der Waals surface area contributed by atoms with E-state index in [9.17, 15) is 9.59 Å². The number of carbonyl (C=O) groups is 2. The number of thioether (sulfide) groups is 1. The van der Waals surface area contributed by atoms with Crippen LogP contribution in [0.15, 0.2) is 18.2 Å². The van der Waals surface area contributed by atoms with E-state index in [4.69, 9.17) is 10.8 Å². The van der Waals surface area contributed by atoms with Gasteiger partial charge in [0, 0.05) is 11.3 Å². The monoisotopic (exact) mass is 309 g/mol. The number of carboxylic acid groups (broad SMARTS) is 1. The number of nitrogen functional groups attached to an aromatic ring is 1. The Labute approximate surface area is 122 Å². The van der Waals surface area contributed by atoms with Crippen LogP contribution in [-0.2, 0) is 4.79 Å². The average molecular weight is 309 g/mol. The third-order valence-corrected chi connectivity index (χ3v) is 4.94. The van der Waals surface area contributed by atoms with Crippen LogP contribution in [0.3, 0.4) is 0 Å². The first-order valence-corrected chi connectivity index (χ1v) is 7.81. The van der Waals surface area contributed by atoms with Gasteiger partial charge in [0.15, 0.2) is 5.13 Å². The van der Waals surface area contributed by atoms with Gasteiger partial charge in [-0.2, -0.15) is 0 Å². The van der Waals surface area contributed by atoms with Crippen molar-refractivity contribution in [2.45, 2.75) is 6.04 Å². The Morgan fingerprint density at radius 2 is 2.25 bits per heavy atom. The minimum absolute atomic E-state index is 0.267. The number of aromatic nitrogens is 1. The number of thiazole rings is 1. The zero-order chi connectivity index (χ0) is 14.3. The Morgan fingerprint density at radius 1 is 1.45 bits per heavy atom. The second-order valence-corrected chi connectivity index (χ2v) is 6.43. The quantitative estimate of drug-likeness (QED) is 0.872. The van der Waals surface area contributed by atoms with E-state index in [1.165, 1.54) is 28.0 Å². The number of rotatable bonds is 2. The summed E-state index contributed by atoms with van der Waals surface area (Å²) in [5.41, 5.74) is 6.84. The van der Waals surface area contributed by atoms with E-state index in [0.717, 1.165) is 10.2 Å². The molecule has 1 aliphatic heterocycles. The maximum atomic E-state index is 12.4. The van der Waals surface area contributed by atoms with E-state index >= 15 is 0 Å². The average Bonchev–Trinajstić information content (AvgIpc) is 3.01. The molecule has 0 aliphatic carbocycles. The minimum Gasteiger partial charge on any atom is -0.480 e. The van der Waals surface area contributed by atoms with Gasteiger partial charge in [-0.3, -0.25) is 4.79 Å². The molecule has 3 rings (SSSR count). The van der Waals surface area contributed by atoms with E-state index in [1.807, 2.05) is 0 Å². The summed E-state index contributed by atoms with van der Waals surface area (Å²) in [6, 6.07) is 4.35. The zero-order valence-corrected chi connectivity index (χ0v) is 11.9. The van der Waals surface area contributed by atoms with Crippen LogP contribution in [0.5, 0.6) is 0 Å². The highest BCUT2D eigenvalue weighted by molar-refractivity contribution is 7.99. The van der Waals surface area contributed by atoms with Crippen molar-refractivity contribution < 1.29 is 14.7 Å². The van der Waals surface area contributed by atoms with Crippen LogP contribution < -0.4 is 5.73 Å². The standard InChI is InChI=1S/C12H11N3O3S2/c13-12-14-7-2-1-6(3-9(7)20-12)10(16)15-5-19-4-8(15)11(17)18/h1-3,8H,4-5H2,(H2,13,14)(H,17,18). The molecule has 20 heavy (non-hydrogen) atoms. The molecule has 0 saturated carbocycles. The van der Waals surface area contributed by atoms with Gasteiger partial charge in [-0.1, -0.05) is 11.3 Å². The number of benzene rings is 1. The third-order valence-electron chi connectivity index (χ3n) is 3.08. The number of hydrogen-bond donors (Lipinski definition) is 2. The van der Waals surface area contributed by atoms with Crippen molar-refractivity contribution in [1.29, 1.82) is 0 Å². The molecule has 1 saturated heterocycles. The number of amides is 1. The molecule has 0 bridgehead atoms. The van der Waals surface area contributed by atoms with Crippen molar-refractivity contribution in [3.05, 3.63) is 23.8 Å². The summed E-state index contributed by atoms with van der Waals surface area (Å²) in [7, 11) is 0. The number of fused-ring (bicyclic) bond motifs is 1. The fraction of sp³-hybridized carbons (Fsp3) is 0.250. The highest BCUT2D eigenvalue weighted by Crippen LogP contribution is 2.27. The molecule has 6 nitrogen and oxygen atoms in total. The Morgan fingerprint density at radius 3 is 3.00 bits per heavy atom. The van der Waals surface area contributed by atoms with Crippen LogP contribution in [0.1, 0.15) is 10.4 Å². The number of hydrogen-bond acceptors (Lipinski definition) is 6. The normalized spacial score (nSPS) is 18.6. The minimum atomic E-state index is -0.966. The largest absolute Gasteiger partial charge is 0.480 e. The smallest absolute Gasteiger partial charge is 0.327 e. The summed E-state index contributed by atoms with van der Waals surface area (Å²) >= 11 is 2.75. The second-order valence-electron chi connectivity index (χ2n) is 4.36. The molecule has 1 aliphatic rings. The maximum Gasteiger partial charge on any atom is 0.327 e. The number of anilines is 1. The summed E-state index contributed by atoms with van der Waals surface area (Å²) < 4.78 is 0.826. The number of nitrogens with two attached hydrogens (primary N) is 1. The molecule has 1 aromatic heterocycles. The molecular formula is C12H11N3O3S2. The van der Waals surface area contributed by atoms with Crippen molar-refractivity contribution in [2.75, 3.05) is 17.4 Å². The van der Waals surface area contributed by atoms with E-state index < -0.39 is 12.0 Å². The summed E-state index contributed by atoms with van der Waals surface area (Å²) in [6.45, 7) is 0. The van der Waals surface area contributed by atoms with Gasteiger partial charge in [-0.05, 0) is 18.2 Å². The topological polar surface area (TPSA) is 96.5 Å². The first-order chi connectivity index (χ1) is 9.56. The summed E-state index contributed by atoms with van der Waals surface area (Å²) in [6.07, 6.45) is 0. The second kappa shape index (κ2) is 4.95. The fourth-order valence-electron chi connectivity index (χ4n) is 2.09. The van der Waals surface area contributed by atoms with Crippen LogP contribution in [0.25, 0.3) is 10.2 Å². The van der Waals surface area contributed by atoms with E-state index in [2.05, 4.69) is 4.98 Å².